The number of hydrogen-bond donors (Lipinski definition) is 1. The number of carbonyl (C=O) groups is 1. The molecule has 3 aromatic carbocycles. The molecule has 0 atom stereocenters. The average molecular weight is 788 g/mol. The van der Waals surface area contributed by atoms with Gasteiger partial charge >= 0.3 is 0 Å². The molecule has 0 unspecified atom stereocenters. The average Bonchev–Trinajstić information content (AvgIpc) is 2.99. The maximum absolute atomic E-state index is 14.8. The summed E-state index contributed by atoms with van der Waals surface area (Å²) in [6.07, 6.45) is 8.63. The van der Waals surface area contributed by atoms with Gasteiger partial charge in [-0.15, -0.1) is 35.4 Å². The Morgan fingerprint density at radius 2 is 1.67 bits per heavy atom. The van der Waals surface area contributed by atoms with E-state index in [0.717, 1.165) is 45.2 Å². The van der Waals surface area contributed by atoms with Crippen molar-refractivity contribution in [3.05, 3.63) is 82.6 Å². The van der Waals surface area contributed by atoms with Crippen LogP contribution in [0, 0.1) is 36.6 Å². The van der Waals surface area contributed by atoms with Gasteiger partial charge in [-0.05, 0) is 47.5 Å². The standard InChI is InChI=1S/C28H28FN2.C11H20O2.Ir/c1-4-24-30-27(21-12-10-20(11-13-21)19-8-6-5-7-9-19)23-15-14-22-16-17(2)26(29)18(3)25(22)28(23)31-24;1-10(2,3)8(12)7-9(13)11(4,5)6;/h10-12,14-16,19H,4-9H2,1-3H3;7,12H,1-6H3;/q-1;;/b;8-7-;. The Morgan fingerprint density at radius 3 is 2.22 bits per heavy atom. The monoisotopic (exact) mass is 788 g/mol. The molecule has 1 aliphatic carbocycles. The summed E-state index contributed by atoms with van der Waals surface area (Å²) < 4.78 is 14.8. The minimum atomic E-state index is -0.417. The van der Waals surface area contributed by atoms with Crippen molar-refractivity contribution in [2.24, 2.45) is 10.8 Å². The molecular formula is C39H48FIrN2O2-. The molecule has 0 bridgehead atoms. The molecule has 1 heterocycles. The second-order valence-corrected chi connectivity index (χ2v) is 14.3. The first kappa shape index (κ1) is 36.5. The van der Waals surface area contributed by atoms with Crippen LogP contribution < -0.4 is 0 Å². The summed E-state index contributed by atoms with van der Waals surface area (Å²) in [4.78, 5) is 21.2. The second kappa shape index (κ2) is 14.6. The molecule has 1 aliphatic rings. The quantitative estimate of drug-likeness (QED) is 0.0968. The number of nitrogens with zero attached hydrogens (tertiary/aromatic N) is 2. The van der Waals surface area contributed by atoms with Crippen molar-refractivity contribution < 1.29 is 34.4 Å². The van der Waals surface area contributed by atoms with Gasteiger partial charge in [-0.2, -0.15) is 0 Å². The summed E-state index contributed by atoms with van der Waals surface area (Å²) in [5, 5.41) is 12.4. The van der Waals surface area contributed by atoms with E-state index in [0.29, 0.717) is 17.0 Å². The van der Waals surface area contributed by atoms with Crippen molar-refractivity contribution in [3.8, 4) is 11.3 Å². The zero-order valence-electron chi connectivity index (χ0n) is 28.3. The number of aliphatic hydroxyl groups is 1. The Morgan fingerprint density at radius 1 is 1.00 bits per heavy atom. The van der Waals surface area contributed by atoms with Gasteiger partial charge in [0, 0.05) is 48.8 Å². The van der Waals surface area contributed by atoms with E-state index >= 15 is 0 Å². The molecule has 1 aromatic heterocycles. The summed E-state index contributed by atoms with van der Waals surface area (Å²) in [6, 6.07) is 16.1. The van der Waals surface area contributed by atoms with Crippen LogP contribution in [0.15, 0.2) is 48.2 Å². The fraction of sp³-hybridized carbons (Fsp3) is 0.462. The largest absolute Gasteiger partial charge is 0.512 e. The van der Waals surface area contributed by atoms with E-state index in [9.17, 15) is 14.3 Å². The number of aromatic nitrogens is 2. The molecular weight excluding hydrogens is 740 g/mol. The third kappa shape index (κ3) is 8.45. The number of allylic oxidation sites excluding steroid dienone is 2. The fourth-order valence-electron chi connectivity index (χ4n) is 5.67. The van der Waals surface area contributed by atoms with Gasteiger partial charge in [-0.3, -0.25) is 9.78 Å². The van der Waals surface area contributed by atoms with Gasteiger partial charge in [-0.25, -0.2) is 9.37 Å². The zero-order chi connectivity index (χ0) is 32.4. The van der Waals surface area contributed by atoms with E-state index in [4.69, 9.17) is 9.97 Å². The molecule has 1 radical (unpaired) electrons. The number of aryl methyl sites for hydroxylation is 3. The van der Waals surface area contributed by atoms with Crippen molar-refractivity contribution in [2.45, 2.75) is 107 Å². The van der Waals surface area contributed by atoms with E-state index in [1.165, 1.54) is 43.7 Å². The second-order valence-electron chi connectivity index (χ2n) is 14.3. The van der Waals surface area contributed by atoms with Crippen molar-refractivity contribution in [1.29, 1.82) is 0 Å². The van der Waals surface area contributed by atoms with Crippen LogP contribution >= 0.6 is 0 Å². The van der Waals surface area contributed by atoms with Gasteiger partial charge < -0.3 is 5.11 Å². The van der Waals surface area contributed by atoms with E-state index in [2.05, 4.69) is 43.3 Å². The molecule has 4 aromatic rings. The van der Waals surface area contributed by atoms with Crippen molar-refractivity contribution in [2.75, 3.05) is 0 Å². The van der Waals surface area contributed by atoms with Crippen LogP contribution in [-0.4, -0.2) is 20.9 Å². The molecule has 1 fully saturated rings. The number of rotatable bonds is 4. The summed E-state index contributed by atoms with van der Waals surface area (Å²) >= 11 is 0. The van der Waals surface area contributed by atoms with Gasteiger partial charge in [0.25, 0.3) is 0 Å². The number of benzene rings is 3. The van der Waals surface area contributed by atoms with Gasteiger partial charge in [0.1, 0.15) is 17.4 Å². The smallest absolute Gasteiger partial charge is 0.164 e. The number of aliphatic hydroxyl groups excluding tert-OH is 1. The number of ketones is 1. The predicted molar refractivity (Wildman–Crippen MR) is 181 cm³/mol. The topological polar surface area (TPSA) is 63.1 Å². The van der Waals surface area contributed by atoms with E-state index < -0.39 is 5.41 Å². The number of carbonyl (C=O) groups excluding carboxylic acids is 1. The van der Waals surface area contributed by atoms with Crippen LogP contribution in [0.3, 0.4) is 0 Å². The number of halogens is 1. The molecule has 243 valence electrons. The molecule has 0 amide bonds. The predicted octanol–water partition coefficient (Wildman–Crippen LogP) is 10.7. The molecule has 45 heavy (non-hydrogen) atoms. The fourth-order valence-corrected chi connectivity index (χ4v) is 5.67. The molecule has 1 saturated carbocycles. The van der Waals surface area contributed by atoms with Crippen LogP contribution in [0.4, 0.5) is 4.39 Å². The van der Waals surface area contributed by atoms with Crippen LogP contribution in [0.5, 0.6) is 0 Å². The molecule has 6 heteroatoms. The maximum Gasteiger partial charge on any atom is 0.164 e. The molecule has 5 rings (SSSR count). The molecule has 0 aliphatic heterocycles. The molecule has 0 spiro atoms. The van der Waals surface area contributed by atoms with E-state index in [-0.39, 0.29) is 42.9 Å². The van der Waals surface area contributed by atoms with Gasteiger partial charge in [0.05, 0.1) is 5.52 Å². The van der Waals surface area contributed by atoms with Gasteiger partial charge in [0.15, 0.2) is 5.78 Å². The van der Waals surface area contributed by atoms with Crippen molar-refractivity contribution in [3.63, 3.8) is 0 Å². The first-order valence-corrected chi connectivity index (χ1v) is 16.0. The van der Waals surface area contributed by atoms with Gasteiger partial charge in [-0.1, -0.05) is 98.6 Å². The van der Waals surface area contributed by atoms with Crippen LogP contribution in [0.2, 0.25) is 0 Å². The Balaban J connectivity index is 0.000000338. The van der Waals surface area contributed by atoms with Crippen LogP contribution in [-0.2, 0) is 31.3 Å². The van der Waals surface area contributed by atoms with Gasteiger partial charge in [0.2, 0.25) is 0 Å². The summed E-state index contributed by atoms with van der Waals surface area (Å²) in [5.41, 5.74) is 4.65. The number of hydrogen-bond acceptors (Lipinski definition) is 4. The molecule has 4 nitrogen and oxygen atoms in total. The van der Waals surface area contributed by atoms with Crippen LogP contribution in [0.25, 0.3) is 32.9 Å². The SMILES string of the molecule is CC(C)(C)C(=O)/C=C(\O)C(C)(C)C.CCc1nc(-c2[c-]cc(C3CCCCC3)cc2)c2ccc3cc(C)c(F)c(C)c3c2n1.[Ir]. The Kier molecular flexibility index (Phi) is 11.9. The first-order chi connectivity index (χ1) is 20.6. The Bertz CT molecular complexity index is 1690. The Hall–Kier alpha value is -2.95. The summed E-state index contributed by atoms with van der Waals surface area (Å²) in [6.45, 7) is 16.8. The Labute approximate surface area is 282 Å². The normalized spacial score (nSPS) is 14.6. The third-order valence-corrected chi connectivity index (χ3v) is 8.63. The summed E-state index contributed by atoms with van der Waals surface area (Å²) in [5.74, 6) is 1.39. The number of fused-ring (bicyclic) bond motifs is 3. The van der Waals surface area contributed by atoms with Crippen molar-refractivity contribution >= 4 is 27.5 Å². The minimum Gasteiger partial charge on any atom is -0.512 e. The maximum atomic E-state index is 14.8. The molecule has 0 saturated heterocycles. The third-order valence-electron chi connectivity index (χ3n) is 8.63. The van der Waals surface area contributed by atoms with E-state index in [1.54, 1.807) is 0 Å². The zero-order valence-corrected chi connectivity index (χ0v) is 30.7. The summed E-state index contributed by atoms with van der Waals surface area (Å²) in [7, 11) is 0. The van der Waals surface area contributed by atoms with Crippen molar-refractivity contribution in [1.82, 2.24) is 9.97 Å². The minimum absolute atomic E-state index is 0. The first-order valence-electron chi connectivity index (χ1n) is 16.0. The van der Waals surface area contributed by atoms with Crippen LogP contribution in [0.1, 0.15) is 109 Å². The molecule has 1 N–H and O–H groups in total. The van der Waals surface area contributed by atoms with E-state index in [1.807, 2.05) is 61.5 Å².